The Balaban J connectivity index is 1.37. The number of ether oxygens (including phenoxy) is 1. The van der Waals surface area contributed by atoms with Crippen molar-refractivity contribution >= 4 is 34.5 Å². The van der Waals surface area contributed by atoms with Gasteiger partial charge in [-0.25, -0.2) is 4.52 Å². The van der Waals surface area contributed by atoms with E-state index in [9.17, 15) is 4.79 Å². The van der Waals surface area contributed by atoms with Gasteiger partial charge >= 0.3 is 0 Å². The van der Waals surface area contributed by atoms with Crippen molar-refractivity contribution in [1.29, 1.82) is 0 Å². The minimum Gasteiger partial charge on any atom is -0.495 e. The normalized spacial score (nSPS) is 11.3. The van der Waals surface area contributed by atoms with Gasteiger partial charge in [0.2, 0.25) is 5.91 Å². The molecular formula is C25H24N6O2S. The molecule has 172 valence electrons. The summed E-state index contributed by atoms with van der Waals surface area (Å²) in [7, 11) is 1.58. The van der Waals surface area contributed by atoms with Crippen molar-refractivity contribution in [1.82, 2.24) is 24.2 Å². The Labute approximate surface area is 201 Å². The lowest BCUT2D eigenvalue weighted by Crippen LogP contribution is -2.15. The molecule has 0 spiro atoms. The predicted octanol–water partition coefficient (Wildman–Crippen LogP) is 4.71. The maximum Gasteiger partial charge on any atom is 0.234 e. The Morgan fingerprint density at radius 2 is 1.88 bits per heavy atom. The quantitative estimate of drug-likeness (QED) is 0.360. The van der Waals surface area contributed by atoms with Crippen molar-refractivity contribution < 1.29 is 9.53 Å². The first kappa shape index (κ1) is 22.0. The summed E-state index contributed by atoms with van der Waals surface area (Å²) in [6.45, 7) is 6.16. The lowest BCUT2D eigenvalue weighted by Gasteiger charge is -2.10. The average molecular weight is 473 g/mol. The van der Waals surface area contributed by atoms with Crippen LogP contribution in [0.25, 0.3) is 22.4 Å². The fraction of sp³-hybridized carbons (Fsp3) is 0.200. The predicted molar refractivity (Wildman–Crippen MR) is 134 cm³/mol. The number of thioether (sulfide) groups is 1. The van der Waals surface area contributed by atoms with Crippen LogP contribution in [-0.4, -0.2) is 43.0 Å². The SMILES string of the molecule is COc1ccc(C)cc1NC(=O)CSc1nnc2c3cc(-c4ccc(C)c(C)c4)nn3ccn12. The standard InChI is InChI=1S/C25H24N6O2S/c1-15-5-8-22(33-4)20(11-15)26-23(32)14-34-25-28-27-24-21-13-19(29-31(21)10-9-30(24)25)18-7-6-16(2)17(3)12-18/h5-13H,14H2,1-4H3,(H,26,32). The van der Waals surface area contributed by atoms with E-state index in [1.807, 2.05) is 48.0 Å². The molecule has 0 bridgehead atoms. The maximum absolute atomic E-state index is 12.6. The molecule has 0 radical (unpaired) electrons. The number of carbonyl (C=O) groups is 1. The number of carbonyl (C=O) groups excluding carboxylic acids is 1. The van der Waals surface area contributed by atoms with Crippen LogP contribution in [-0.2, 0) is 4.79 Å². The van der Waals surface area contributed by atoms with Gasteiger partial charge in [0.1, 0.15) is 11.3 Å². The topological polar surface area (TPSA) is 85.8 Å². The van der Waals surface area contributed by atoms with E-state index in [2.05, 4.69) is 47.6 Å². The van der Waals surface area contributed by atoms with Gasteiger partial charge in [-0.1, -0.05) is 30.0 Å². The molecule has 1 N–H and O–H groups in total. The molecule has 9 heteroatoms. The van der Waals surface area contributed by atoms with Gasteiger partial charge in [0, 0.05) is 18.0 Å². The monoisotopic (exact) mass is 472 g/mol. The number of rotatable bonds is 6. The van der Waals surface area contributed by atoms with Crippen molar-refractivity contribution in [2.24, 2.45) is 0 Å². The van der Waals surface area contributed by atoms with E-state index in [0.29, 0.717) is 22.2 Å². The molecule has 5 aromatic rings. The zero-order valence-corrected chi connectivity index (χ0v) is 20.2. The highest BCUT2D eigenvalue weighted by Crippen LogP contribution is 2.27. The number of fused-ring (bicyclic) bond motifs is 3. The molecular weight excluding hydrogens is 448 g/mol. The van der Waals surface area contributed by atoms with E-state index in [1.54, 1.807) is 11.6 Å². The first-order valence-corrected chi connectivity index (χ1v) is 11.8. The molecule has 0 fully saturated rings. The molecule has 0 unspecified atom stereocenters. The second-order valence-electron chi connectivity index (χ2n) is 8.17. The highest BCUT2D eigenvalue weighted by Gasteiger charge is 2.15. The molecule has 8 nitrogen and oxygen atoms in total. The Bertz CT molecular complexity index is 1540. The lowest BCUT2D eigenvalue weighted by molar-refractivity contribution is -0.113. The van der Waals surface area contributed by atoms with Crippen LogP contribution in [0.15, 0.2) is 60.0 Å². The number of hydrogen-bond acceptors (Lipinski definition) is 6. The molecule has 0 saturated heterocycles. The van der Waals surface area contributed by atoms with E-state index in [-0.39, 0.29) is 11.7 Å². The van der Waals surface area contributed by atoms with Crippen LogP contribution in [0.5, 0.6) is 5.75 Å². The smallest absolute Gasteiger partial charge is 0.234 e. The summed E-state index contributed by atoms with van der Waals surface area (Å²) in [5, 5.41) is 16.9. The molecule has 3 aromatic heterocycles. The van der Waals surface area contributed by atoms with E-state index in [0.717, 1.165) is 22.3 Å². The van der Waals surface area contributed by atoms with Gasteiger partial charge in [-0.2, -0.15) is 5.10 Å². The second kappa shape index (κ2) is 8.83. The van der Waals surface area contributed by atoms with Gasteiger partial charge in [-0.15, -0.1) is 10.2 Å². The summed E-state index contributed by atoms with van der Waals surface area (Å²) in [5.41, 5.74) is 7.64. The summed E-state index contributed by atoms with van der Waals surface area (Å²) in [5.74, 6) is 0.670. The van der Waals surface area contributed by atoms with E-state index in [1.165, 1.54) is 22.9 Å². The number of aromatic nitrogens is 5. The van der Waals surface area contributed by atoms with Gasteiger partial charge in [-0.3, -0.25) is 9.20 Å². The van der Waals surface area contributed by atoms with Crippen LogP contribution in [0.2, 0.25) is 0 Å². The lowest BCUT2D eigenvalue weighted by atomic mass is 10.0. The molecule has 0 aliphatic heterocycles. The Hall–Kier alpha value is -3.85. The van der Waals surface area contributed by atoms with Crippen molar-refractivity contribution in [3.05, 3.63) is 71.5 Å². The Morgan fingerprint density at radius 3 is 2.68 bits per heavy atom. The van der Waals surface area contributed by atoms with Gasteiger partial charge in [-0.05, 0) is 61.7 Å². The zero-order chi connectivity index (χ0) is 23.8. The Kier molecular flexibility index (Phi) is 5.70. The largest absolute Gasteiger partial charge is 0.495 e. The average Bonchev–Trinajstić information content (AvgIpc) is 3.43. The minimum absolute atomic E-state index is 0.145. The molecule has 2 aromatic carbocycles. The van der Waals surface area contributed by atoms with Crippen LogP contribution < -0.4 is 10.1 Å². The number of hydrogen-bond donors (Lipinski definition) is 1. The third-order valence-electron chi connectivity index (χ3n) is 5.75. The maximum atomic E-state index is 12.6. The summed E-state index contributed by atoms with van der Waals surface area (Å²) >= 11 is 1.32. The Morgan fingerprint density at radius 1 is 1.03 bits per heavy atom. The molecule has 0 saturated carbocycles. The zero-order valence-electron chi connectivity index (χ0n) is 19.4. The van der Waals surface area contributed by atoms with Crippen molar-refractivity contribution in [2.45, 2.75) is 25.9 Å². The summed E-state index contributed by atoms with van der Waals surface area (Å²) < 4.78 is 9.03. The van der Waals surface area contributed by atoms with Crippen LogP contribution >= 0.6 is 11.8 Å². The number of methoxy groups -OCH3 is 1. The van der Waals surface area contributed by atoms with E-state index < -0.39 is 0 Å². The third-order valence-corrected chi connectivity index (χ3v) is 6.69. The second-order valence-corrected chi connectivity index (χ2v) is 9.12. The fourth-order valence-electron chi connectivity index (χ4n) is 3.77. The van der Waals surface area contributed by atoms with E-state index >= 15 is 0 Å². The highest BCUT2D eigenvalue weighted by molar-refractivity contribution is 7.99. The number of nitrogens with one attached hydrogen (secondary N) is 1. The number of benzene rings is 2. The minimum atomic E-state index is -0.145. The first-order valence-electron chi connectivity index (χ1n) is 10.8. The van der Waals surface area contributed by atoms with Crippen LogP contribution in [0.3, 0.4) is 0 Å². The molecule has 3 heterocycles. The van der Waals surface area contributed by atoms with Crippen molar-refractivity contribution in [3.63, 3.8) is 0 Å². The van der Waals surface area contributed by atoms with Crippen LogP contribution in [0, 0.1) is 20.8 Å². The van der Waals surface area contributed by atoms with Crippen LogP contribution in [0.1, 0.15) is 16.7 Å². The summed E-state index contributed by atoms with van der Waals surface area (Å²) in [4.78, 5) is 12.6. The molecule has 0 atom stereocenters. The van der Waals surface area contributed by atoms with Crippen LogP contribution in [0.4, 0.5) is 5.69 Å². The van der Waals surface area contributed by atoms with E-state index in [4.69, 9.17) is 9.84 Å². The van der Waals surface area contributed by atoms with Crippen molar-refractivity contribution in [3.8, 4) is 17.0 Å². The molecule has 34 heavy (non-hydrogen) atoms. The van der Waals surface area contributed by atoms with Gasteiger partial charge in [0.05, 0.1) is 24.2 Å². The number of anilines is 1. The molecule has 0 aliphatic carbocycles. The van der Waals surface area contributed by atoms with Crippen molar-refractivity contribution in [2.75, 3.05) is 18.2 Å². The third kappa shape index (κ3) is 4.10. The van der Waals surface area contributed by atoms with Gasteiger partial charge < -0.3 is 10.1 Å². The first-order chi connectivity index (χ1) is 16.4. The molecule has 0 aliphatic rings. The van der Waals surface area contributed by atoms with Gasteiger partial charge in [0.25, 0.3) is 0 Å². The molecule has 1 amide bonds. The molecule has 5 rings (SSSR count). The summed E-state index contributed by atoms with van der Waals surface area (Å²) in [6.07, 6.45) is 3.74. The summed E-state index contributed by atoms with van der Waals surface area (Å²) in [6, 6.07) is 14.0. The number of nitrogens with zero attached hydrogens (tertiary/aromatic N) is 5. The highest BCUT2D eigenvalue weighted by atomic mass is 32.2. The fourth-order valence-corrected chi connectivity index (χ4v) is 4.48. The number of amides is 1. The number of aryl methyl sites for hydroxylation is 3. The van der Waals surface area contributed by atoms with Gasteiger partial charge in [0.15, 0.2) is 10.8 Å².